The van der Waals surface area contributed by atoms with Gasteiger partial charge in [-0.2, -0.15) is 0 Å². The Morgan fingerprint density at radius 3 is 2.30 bits per heavy atom. The van der Waals surface area contributed by atoms with E-state index in [0.29, 0.717) is 19.7 Å². The van der Waals surface area contributed by atoms with E-state index in [2.05, 4.69) is 22.9 Å². The van der Waals surface area contributed by atoms with Crippen molar-refractivity contribution < 1.29 is 9.53 Å². The third-order valence-electron chi connectivity index (χ3n) is 3.37. The highest BCUT2D eigenvalue weighted by Crippen LogP contribution is 2.21. The summed E-state index contributed by atoms with van der Waals surface area (Å²) >= 11 is 3.39. The Morgan fingerprint density at radius 1 is 1.20 bits per heavy atom. The molecule has 0 saturated carbocycles. The van der Waals surface area contributed by atoms with E-state index < -0.39 is 0 Å². The Labute approximate surface area is 126 Å². The Hall–Kier alpha value is -1.17. The first-order valence-corrected chi connectivity index (χ1v) is 8.54. The summed E-state index contributed by atoms with van der Waals surface area (Å²) in [6.07, 6.45) is 1.60. The molecule has 1 atom stereocenters. The molecule has 5 heteroatoms. The number of thiophene rings is 2. The van der Waals surface area contributed by atoms with Crippen molar-refractivity contribution in [3.05, 3.63) is 44.8 Å². The molecule has 0 bridgehead atoms. The normalized spacial score (nSPS) is 18.3. The topological polar surface area (TPSA) is 29.5 Å². The summed E-state index contributed by atoms with van der Waals surface area (Å²) in [5, 5.41) is 4.10. The van der Waals surface area contributed by atoms with Crippen LogP contribution < -0.4 is 0 Å². The van der Waals surface area contributed by atoms with Gasteiger partial charge in [-0.15, -0.1) is 22.7 Å². The van der Waals surface area contributed by atoms with Crippen molar-refractivity contribution in [2.45, 2.75) is 32.0 Å². The van der Waals surface area contributed by atoms with E-state index in [0.717, 1.165) is 12.8 Å². The molecular weight excluding hydrogens is 290 g/mol. The van der Waals surface area contributed by atoms with Gasteiger partial charge in [0.25, 0.3) is 5.91 Å². The van der Waals surface area contributed by atoms with Crippen LogP contribution in [0.2, 0.25) is 0 Å². The number of nitrogens with zero attached hydrogens (tertiary/aromatic N) is 1. The van der Waals surface area contributed by atoms with Crippen LogP contribution in [-0.2, 0) is 22.6 Å². The molecule has 1 aliphatic heterocycles. The van der Waals surface area contributed by atoms with Crippen molar-refractivity contribution >= 4 is 28.6 Å². The molecule has 1 aliphatic rings. The molecule has 1 amide bonds. The monoisotopic (exact) mass is 307 g/mol. The minimum Gasteiger partial charge on any atom is -0.368 e. The van der Waals surface area contributed by atoms with Gasteiger partial charge in [-0.05, 0) is 35.7 Å². The zero-order valence-corrected chi connectivity index (χ0v) is 12.8. The van der Waals surface area contributed by atoms with Crippen LogP contribution in [0, 0.1) is 0 Å². The highest BCUT2D eigenvalue weighted by molar-refractivity contribution is 7.10. The molecule has 0 N–H and O–H groups in total. The molecule has 1 saturated heterocycles. The van der Waals surface area contributed by atoms with E-state index in [1.807, 2.05) is 17.0 Å². The predicted octanol–water partition coefficient (Wildman–Crippen LogP) is 3.52. The van der Waals surface area contributed by atoms with Crippen molar-refractivity contribution in [3.63, 3.8) is 0 Å². The fourth-order valence-electron chi connectivity index (χ4n) is 2.37. The van der Waals surface area contributed by atoms with Crippen molar-refractivity contribution in [2.24, 2.45) is 0 Å². The molecule has 2 aromatic rings. The van der Waals surface area contributed by atoms with E-state index in [9.17, 15) is 4.79 Å². The molecule has 20 heavy (non-hydrogen) atoms. The van der Waals surface area contributed by atoms with Crippen LogP contribution >= 0.6 is 22.7 Å². The molecule has 0 aliphatic carbocycles. The number of hydrogen-bond acceptors (Lipinski definition) is 4. The summed E-state index contributed by atoms with van der Waals surface area (Å²) in [4.78, 5) is 17.0. The molecule has 3 heterocycles. The van der Waals surface area contributed by atoms with Gasteiger partial charge in [0.15, 0.2) is 0 Å². The van der Waals surface area contributed by atoms with Crippen molar-refractivity contribution in [1.29, 1.82) is 0 Å². The molecule has 106 valence electrons. The van der Waals surface area contributed by atoms with Crippen LogP contribution in [0.25, 0.3) is 0 Å². The maximum absolute atomic E-state index is 12.6. The molecule has 0 spiro atoms. The highest BCUT2D eigenvalue weighted by Gasteiger charge is 2.28. The first kappa shape index (κ1) is 13.8. The molecular formula is C15H17NO2S2. The van der Waals surface area contributed by atoms with Gasteiger partial charge >= 0.3 is 0 Å². The second-order valence-corrected chi connectivity index (χ2v) is 6.92. The van der Waals surface area contributed by atoms with Gasteiger partial charge in [-0.1, -0.05) is 12.1 Å². The fourth-order valence-corrected chi connectivity index (χ4v) is 3.81. The van der Waals surface area contributed by atoms with Crippen LogP contribution in [0.1, 0.15) is 22.6 Å². The first-order valence-electron chi connectivity index (χ1n) is 6.78. The lowest BCUT2D eigenvalue weighted by Crippen LogP contribution is -2.37. The highest BCUT2D eigenvalue weighted by atomic mass is 32.1. The van der Waals surface area contributed by atoms with E-state index in [4.69, 9.17) is 4.74 Å². The second kappa shape index (κ2) is 6.52. The third kappa shape index (κ3) is 3.29. The maximum Gasteiger partial charge on any atom is 0.252 e. The molecule has 0 radical (unpaired) electrons. The minimum absolute atomic E-state index is 0.129. The molecule has 1 fully saturated rings. The molecule has 3 rings (SSSR count). The summed E-state index contributed by atoms with van der Waals surface area (Å²) in [5.74, 6) is 0.129. The van der Waals surface area contributed by atoms with E-state index in [1.165, 1.54) is 9.75 Å². The number of ether oxygens (including phenoxy) is 1. The molecule has 0 aromatic carbocycles. The van der Waals surface area contributed by atoms with Crippen LogP contribution in [0.15, 0.2) is 35.0 Å². The predicted molar refractivity (Wildman–Crippen MR) is 81.9 cm³/mol. The van der Waals surface area contributed by atoms with Crippen LogP contribution in [0.3, 0.4) is 0 Å². The lowest BCUT2D eigenvalue weighted by molar-refractivity contribution is -0.142. The van der Waals surface area contributed by atoms with E-state index in [-0.39, 0.29) is 12.0 Å². The second-order valence-electron chi connectivity index (χ2n) is 4.85. The van der Waals surface area contributed by atoms with E-state index in [1.54, 1.807) is 22.7 Å². The van der Waals surface area contributed by atoms with Crippen LogP contribution in [-0.4, -0.2) is 23.5 Å². The summed E-state index contributed by atoms with van der Waals surface area (Å²) in [6.45, 7) is 2.06. The van der Waals surface area contributed by atoms with Crippen molar-refractivity contribution in [1.82, 2.24) is 4.90 Å². The smallest absolute Gasteiger partial charge is 0.252 e. The van der Waals surface area contributed by atoms with Gasteiger partial charge in [0.2, 0.25) is 0 Å². The standard InChI is InChI=1S/C15H17NO2S2/c17-15(14-6-1-7-18-14)16(10-12-4-2-8-19-12)11-13-5-3-9-20-13/h2-5,8-9,14H,1,6-7,10-11H2. The fraction of sp³-hybridized carbons (Fsp3) is 0.400. The molecule has 2 aromatic heterocycles. The van der Waals surface area contributed by atoms with Gasteiger partial charge in [0.05, 0.1) is 13.1 Å². The van der Waals surface area contributed by atoms with Crippen molar-refractivity contribution in [3.8, 4) is 0 Å². The SMILES string of the molecule is O=C(C1CCCO1)N(Cc1cccs1)Cc1cccs1. The summed E-state index contributed by atoms with van der Waals surface area (Å²) in [5.41, 5.74) is 0. The summed E-state index contributed by atoms with van der Waals surface area (Å²) < 4.78 is 5.55. The number of carbonyl (C=O) groups excluding carboxylic acids is 1. The van der Waals surface area contributed by atoms with Gasteiger partial charge in [0.1, 0.15) is 6.10 Å². The Bertz CT molecular complexity index is 494. The molecule has 1 unspecified atom stereocenters. The Balaban J connectivity index is 1.73. The van der Waals surface area contributed by atoms with Crippen molar-refractivity contribution in [2.75, 3.05) is 6.61 Å². The van der Waals surface area contributed by atoms with Gasteiger partial charge in [0, 0.05) is 16.4 Å². The Kier molecular flexibility index (Phi) is 4.50. The first-order chi connectivity index (χ1) is 9.83. The maximum atomic E-state index is 12.6. The van der Waals surface area contributed by atoms with Gasteiger partial charge in [-0.25, -0.2) is 0 Å². The number of amides is 1. The number of carbonyl (C=O) groups is 1. The third-order valence-corrected chi connectivity index (χ3v) is 5.09. The lowest BCUT2D eigenvalue weighted by Gasteiger charge is -2.24. The largest absolute Gasteiger partial charge is 0.368 e. The summed E-state index contributed by atoms with van der Waals surface area (Å²) in [6, 6.07) is 8.21. The number of hydrogen-bond donors (Lipinski definition) is 0. The van der Waals surface area contributed by atoms with Crippen LogP contribution in [0.5, 0.6) is 0 Å². The summed E-state index contributed by atoms with van der Waals surface area (Å²) in [7, 11) is 0. The van der Waals surface area contributed by atoms with Gasteiger partial charge < -0.3 is 9.64 Å². The van der Waals surface area contributed by atoms with Crippen LogP contribution in [0.4, 0.5) is 0 Å². The van der Waals surface area contributed by atoms with E-state index >= 15 is 0 Å². The number of rotatable bonds is 5. The average Bonchev–Trinajstić information content (AvgIpc) is 3.20. The average molecular weight is 307 g/mol. The Morgan fingerprint density at radius 2 is 1.85 bits per heavy atom. The quantitative estimate of drug-likeness (QED) is 0.846. The molecule has 3 nitrogen and oxygen atoms in total. The zero-order chi connectivity index (χ0) is 13.8. The zero-order valence-electron chi connectivity index (χ0n) is 11.2. The van der Waals surface area contributed by atoms with Gasteiger partial charge in [-0.3, -0.25) is 4.79 Å². The minimum atomic E-state index is -0.241. The lowest BCUT2D eigenvalue weighted by atomic mass is 10.2.